The summed E-state index contributed by atoms with van der Waals surface area (Å²) >= 11 is 1.67. The van der Waals surface area contributed by atoms with Crippen molar-refractivity contribution in [3.8, 4) is 5.00 Å². The standard InChI is InChI=1S/C19H22N4O2S/c1-12-13(2)26-19(23-8-4-5-9-23)16(12)18(24)22-10-6-15(7-11-22)17-20-14(3)21-25-17/h4-5,8-9,15H,6-7,10-11H2,1-3H3. The van der Waals surface area contributed by atoms with E-state index >= 15 is 0 Å². The van der Waals surface area contributed by atoms with Crippen LogP contribution in [0.5, 0.6) is 0 Å². The maximum atomic E-state index is 13.3. The van der Waals surface area contributed by atoms with Crippen molar-refractivity contribution in [2.75, 3.05) is 13.1 Å². The molecule has 1 aliphatic heterocycles. The first-order chi connectivity index (χ1) is 12.5. The molecule has 4 heterocycles. The number of aromatic nitrogens is 3. The molecule has 3 aromatic heterocycles. The SMILES string of the molecule is Cc1noc(C2CCN(C(=O)c3c(-n4cccc4)sc(C)c3C)CC2)n1. The molecule has 0 radical (unpaired) electrons. The van der Waals surface area contributed by atoms with Gasteiger partial charge in [0.05, 0.1) is 5.56 Å². The second kappa shape index (κ2) is 6.72. The van der Waals surface area contributed by atoms with Gasteiger partial charge in [-0.15, -0.1) is 11.3 Å². The third-order valence-electron chi connectivity index (χ3n) is 5.09. The van der Waals surface area contributed by atoms with E-state index in [4.69, 9.17) is 4.52 Å². The molecule has 1 fully saturated rings. The molecule has 136 valence electrons. The Bertz CT molecular complexity index is 918. The quantitative estimate of drug-likeness (QED) is 0.702. The molecule has 0 bridgehead atoms. The fraction of sp³-hybridized carbons (Fsp3) is 0.421. The van der Waals surface area contributed by atoms with E-state index < -0.39 is 0 Å². The zero-order valence-corrected chi connectivity index (χ0v) is 16.0. The molecule has 0 spiro atoms. The first kappa shape index (κ1) is 17.0. The molecule has 1 amide bonds. The second-order valence-electron chi connectivity index (χ2n) is 6.80. The lowest BCUT2D eigenvalue weighted by Crippen LogP contribution is -2.38. The van der Waals surface area contributed by atoms with E-state index in [-0.39, 0.29) is 11.8 Å². The van der Waals surface area contributed by atoms with Crippen LogP contribution >= 0.6 is 11.3 Å². The van der Waals surface area contributed by atoms with Gasteiger partial charge in [0.15, 0.2) is 5.82 Å². The van der Waals surface area contributed by atoms with Gasteiger partial charge in [0.1, 0.15) is 5.00 Å². The molecule has 0 N–H and O–H groups in total. The van der Waals surface area contributed by atoms with Crippen LogP contribution in [0.25, 0.3) is 5.00 Å². The summed E-state index contributed by atoms with van der Waals surface area (Å²) in [5.74, 6) is 1.73. The zero-order valence-electron chi connectivity index (χ0n) is 15.2. The molecule has 0 aromatic carbocycles. The van der Waals surface area contributed by atoms with Crippen molar-refractivity contribution in [1.29, 1.82) is 0 Å². The Morgan fingerprint density at radius 1 is 1.19 bits per heavy atom. The third-order valence-corrected chi connectivity index (χ3v) is 6.31. The largest absolute Gasteiger partial charge is 0.339 e. The van der Waals surface area contributed by atoms with E-state index in [1.165, 1.54) is 4.88 Å². The first-order valence-corrected chi connectivity index (χ1v) is 9.69. The highest BCUT2D eigenvalue weighted by atomic mass is 32.1. The Kier molecular flexibility index (Phi) is 4.40. The molecule has 7 heteroatoms. The number of amides is 1. The van der Waals surface area contributed by atoms with Gasteiger partial charge in [-0.05, 0) is 51.3 Å². The Morgan fingerprint density at radius 3 is 2.50 bits per heavy atom. The third kappa shape index (κ3) is 2.96. The molecule has 3 aromatic rings. The second-order valence-corrected chi connectivity index (χ2v) is 8.00. The molecular weight excluding hydrogens is 348 g/mol. The molecule has 6 nitrogen and oxygen atoms in total. The maximum absolute atomic E-state index is 13.3. The average molecular weight is 370 g/mol. The molecule has 0 aliphatic carbocycles. The van der Waals surface area contributed by atoms with Gasteiger partial charge >= 0.3 is 0 Å². The summed E-state index contributed by atoms with van der Waals surface area (Å²) in [6.07, 6.45) is 5.69. The highest BCUT2D eigenvalue weighted by molar-refractivity contribution is 7.15. The highest BCUT2D eigenvalue weighted by Crippen LogP contribution is 2.34. The van der Waals surface area contributed by atoms with E-state index in [9.17, 15) is 4.79 Å². The van der Waals surface area contributed by atoms with E-state index in [0.717, 1.165) is 29.0 Å². The molecule has 4 rings (SSSR count). The van der Waals surface area contributed by atoms with Crippen LogP contribution in [0.2, 0.25) is 0 Å². The summed E-state index contributed by atoms with van der Waals surface area (Å²) in [4.78, 5) is 20.8. The number of aryl methyl sites for hydroxylation is 2. The monoisotopic (exact) mass is 370 g/mol. The first-order valence-electron chi connectivity index (χ1n) is 8.87. The summed E-state index contributed by atoms with van der Waals surface area (Å²) in [6, 6.07) is 3.97. The fourth-order valence-corrected chi connectivity index (χ4v) is 4.59. The number of likely N-dealkylation sites (tertiary alicyclic amines) is 1. The van der Waals surface area contributed by atoms with Crippen LogP contribution in [0.4, 0.5) is 0 Å². The summed E-state index contributed by atoms with van der Waals surface area (Å²) < 4.78 is 7.34. The molecule has 0 unspecified atom stereocenters. The maximum Gasteiger partial charge on any atom is 0.257 e. The van der Waals surface area contributed by atoms with Gasteiger partial charge in [-0.2, -0.15) is 4.98 Å². The molecular formula is C19H22N4O2S. The van der Waals surface area contributed by atoms with Crippen molar-refractivity contribution in [3.05, 3.63) is 52.2 Å². The molecule has 0 saturated carbocycles. The smallest absolute Gasteiger partial charge is 0.257 e. The van der Waals surface area contributed by atoms with E-state index in [2.05, 4.69) is 17.1 Å². The van der Waals surface area contributed by atoms with Gasteiger partial charge in [-0.25, -0.2) is 0 Å². The van der Waals surface area contributed by atoms with Gasteiger partial charge in [0.2, 0.25) is 5.89 Å². The zero-order chi connectivity index (χ0) is 18.3. The summed E-state index contributed by atoms with van der Waals surface area (Å²) in [5, 5.41) is 4.88. The van der Waals surface area contributed by atoms with Crippen LogP contribution in [0.1, 0.15) is 51.3 Å². The predicted molar refractivity (Wildman–Crippen MR) is 100 cm³/mol. The number of hydrogen-bond donors (Lipinski definition) is 0. The van der Waals surface area contributed by atoms with Crippen molar-refractivity contribution in [2.24, 2.45) is 0 Å². The summed E-state index contributed by atoms with van der Waals surface area (Å²) in [6.45, 7) is 7.37. The number of carbonyl (C=O) groups excluding carboxylic acids is 1. The Balaban J connectivity index is 1.54. The minimum atomic E-state index is 0.121. The van der Waals surface area contributed by atoms with E-state index in [1.807, 2.05) is 47.8 Å². The van der Waals surface area contributed by atoms with Gasteiger partial charge in [0, 0.05) is 36.3 Å². The normalized spacial score (nSPS) is 15.6. The Labute approximate surface area is 156 Å². The highest BCUT2D eigenvalue weighted by Gasteiger charge is 2.30. The lowest BCUT2D eigenvalue weighted by Gasteiger charge is -2.30. The predicted octanol–water partition coefficient (Wildman–Crippen LogP) is 3.87. The van der Waals surface area contributed by atoms with Crippen LogP contribution in [0.3, 0.4) is 0 Å². The minimum absolute atomic E-state index is 0.121. The van der Waals surface area contributed by atoms with Crippen LogP contribution in [0, 0.1) is 20.8 Å². The Hall–Kier alpha value is -2.41. The molecule has 0 atom stereocenters. The summed E-state index contributed by atoms with van der Waals surface area (Å²) in [7, 11) is 0. The topological polar surface area (TPSA) is 64.2 Å². The fourth-order valence-electron chi connectivity index (χ4n) is 3.48. The van der Waals surface area contributed by atoms with Crippen molar-refractivity contribution in [1.82, 2.24) is 19.6 Å². The average Bonchev–Trinajstić information content (AvgIpc) is 3.37. The number of carbonyl (C=O) groups is 1. The van der Waals surface area contributed by atoms with Crippen LogP contribution in [-0.2, 0) is 0 Å². The molecule has 26 heavy (non-hydrogen) atoms. The van der Waals surface area contributed by atoms with Gasteiger partial charge < -0.3 is 14.0 Å². The van der Waals surface area contributed by atoms with Gasteiger partial charge in [-0.1, -0.05) is 5.16 Å². The Morgan fingerprint density at radius 2 is 1.88 bits per heavy atom. The number of rotatable bonds is 3. The molecule has 1 aliphatic rings. The number of thiophene rings is 1. The van der Waals surface area contributed by atoms with Crippen molar-refractivity contribution < 1.29 is 9.32 Å². The van der Waals surface area contributed by atoms with Gasteiger partial charge in [-0.3, -0.25) is 4.79 Å². The lowest BCUT2D eigenvalue weighted by molar-refractivity contribution is 0.0704. The van der Waals surface area contributed by atoms with Crippen molar-refractivity contribution in [2.45, 2.75) is 39.5 Å². The minimum Gasteiger partial charge on any atom is -0.339 e. The number of piperidine rings is 1. The summed E-state index contributed by atoms with van der Waals surface area (Å²) in [5.41, 5.74) is 1.91. The number of hydrogen-bond acceptors (Lipinski definition) is 5. The van der Waals surface area contributed by atoms with E-state index in [0.29, 0.717) is 24.8 Å². The van der Waals surface area contributed by atoms with E-state index in [1.54, 1.807) is 11.3 Å². The van der Waals surface area contributed by atoms with Crippen molar-refractivity contribution >= 4 is 17.2 Å². The molecule has 1 saturated heterocycles. The lowest BCUT2D eigenvalue weighted by atomic mass is 9.96. The van der Waals surface area contributed by atoms with Crippen LogP contribution in [-0.4, -0.2) is 38.6 Å². The van der Waals surface area contributed by atoms with Crippen LogP contribution < -0.4 is 0 Å². The van der Waals surface area contributed by atoms with Crippen molar-refractivity contribution in [3.63, 3.8) is 0 Å². The number of nitrogens with zero attached hydrogens (tertiary/aromatic N) is 4. The van der Waals surface area contributed by atoms with Crippen LogP contribution in [0.15, 0.2) is 29.0 Å². The van der Waals surface area contributed by atoms with Gasteiger partial charge in [0.25, 0.3) is 5.91 Å².